The number of carbonyl (C=O) groups is 1. The van der Waals surface area contributed by atoms with Gasteiger partial charge in [-0.3, -0.25) is 4.79 Å². The van der Waals surface area contributed by atoms with E-state index in [2.05, 4.69) is 4.98 Å². The van der Waals surface area contributed by atoms with Gasteiger partial charge in [0.15, 0.2) is 11.0 Å². The Labute approximate surface area is 126 Å². The highest BCUT2D eigenvalue weighted by molar-refractivity contribution is 7.99. The summed E-state index contributed by atoms with van der Waals surface area (Å²) in [5, 5.41) is 9.42. The second-order valence-electron chi connectivity index (χ2n) is 5.42. The molecule has 112 valence electrons. The van der Waals surface area contributed by atoms with Crippen LogP contribution in [-0.4, -0.2) is 26.4 Å². The monoisotopic (exact) mass is 308 g/mol. The number of nitrogens with zero attached hydrogens (tertiary/aromatic N) is 2. The van der Waals surface area contributed by atoms with Crippen molar-refractivity contribution in [1.29, 1.82) is 0 Å². The number of carboxylic acids is 1. The van der Waals surface area contributed by atoms with Crippen LogP contribution in [-0.2, 0) is 11.3 Å². The Bertz CT molecular complexity index is 667. The van der Waals surface area contributed by atoms with Crippen molar-refractivity contribution in [3.8, 4) is 0 Å². The van der Waals surface area contributed by atoms with Crippen LogP contribution in [0.15, 0.2) is 23.4 Å². The highest BCUT2D eigenvalue weighted by Crippen LogP contribution is 2.32. The van der Waals surface area contributed by atoms with Crippen molar-refractivity contribution in [3.05, 3.63) is 24.0 Å². The topological polar surface area (TPSA) is 55.1 Å². The summed E-state index contributed by atoms with van der Waals surface area (Å²) in [7, 11) is 0. The molecule has 1 aromatic heterocycles. The third-order valence-electron chi connectivity index (χ3n) is 4.01. The average molecular weight is 308 g/mol. The number of hydrogen-bond donors (Lipinski definition) is 1. The quantitative estimate of drug-likeness (QED) is 0.829. The summed E-state index contributed by atoms with van der Waals surface area (Å²) in [5.41, 5.74) is 1.08. The summed E-state index contributed by atoms with van der Waals surface area (Å²) in [4.78, 5) is 15.0. The first-order valence-electron chi connectivity index (χ1n) is 7.14. The summed E-state index contributed by atoms with van der Waals surface area (Å²) >= 11 is 1.15. The zero-order valence-corrected chi connectivity index (χ0v) is 12.4. The number of aliphatic carboxylic acids is 1. The maximum absolute atomic E-state index is 13.9. The summed E-state index contributed by atoms with van der Waals surface area (Å²) in [6.07, 6.45) is 4.87. The fourth-order valence-corrected chi connectivity index (χ4v) is 3.39. The minimum atomic E-state index is -0.891. The lowest BCUT2D eigenvalue weighted by Gasteiger charge is -2.25. The molecule has 4 nitrogen and oxygen atoms in total. The van der Waals surface area contributed by atoms with Gasteiger partial charge in [-0.25, -0.2) is 9.37 Å². The van der Waals surface area contributed by atoms with Crippen LogP contribution in [0, 0.1) is 11.7 Å². The number of thioether (sulfide) groups is 1. The van der Waals surface area contributed by atoms with E-state index in [9.17, 15) is 9.18 Å². The molecule has 0 bridgehead atoms. The zero-order valence-electron chi connectivity index (χ0n) is 11.6. The number of carboxylic acid groups (broad SMARTS) is 1. The van der Waals surface area contributed by atoms with Crippen molar-refractivity contribution >= 4 is 28.8 Å². The van der Waals surface area contributed by atoms with E-state index in [1.807, 2.05) is 10.6 Å². The van der Waals surface area contributed by atoms with Crippen molar-refractivity contribution in [2.24, 2.45) is 5.92 Å². The molecular weight excluding hydrogens is 291 g/mol. The molecule has 0 aliphatic heterocycles. The minimum Gasteiger partial charge on any atom is -0.481 e. The Morgan fingerprint density at radius 1 is 1.48 bits per heavy atom. The smallest absolute Gasteiger partial charge is 0.313 e. The Kier molecular flexibility index (Phi) is 4.14. The predicted octanol–water partition coefficient (Wildman–Crippen LogP) is 3.54. The number of halogens is 1. The van der Waals surface area contributed by atoms with Crippen LogP contribution in [0.2, 0.25) is 0 Å². The number of imidazole rings is 1. The minimum absolute atomic E-state index is 0.0611. The lowest BCUT2D eigenvalue weighted by Crippen LogP contribution is -2.14. The van der Waals surface area contributed by atoms with E-state index in [1.165, 1.54) is 25.3 Å². The Hall–Kier alpha value is -1.56. The molecule has 0 atom stereocenters. The molecule has 1 aliphatic carbocycles. The first kappa shape index (κ1) is 14.4. The molecule has 1 heterocycles. The SMILES string of the molecule is O=C(O)CSc1nc2c(F)cccc2n1CCC1CCC1. The molecule has 0 saturated heterocycles. The number of benzene rings is 1. The fraction of sp³-hybridized carbons (Fsp3) is 0.467. The third-order valence-corrected chi connectivity index (χ3v) is 4.97. The number of para-hydroxylation sites is 1. The summed E-state index contributed by atoms with van der Waals surface area (Å²) in [5.74, 6) is -0.563. The van der Waals surface area contributed by atoms with Gasteiger partial charge in [0.05, 0.1) is 11.3 Å². The maximum Gasteiger partial charge on any atom is 0.313 e. The fourth-order valence-electron chi connectivity index (χ4n) is 2.64. The van der Waals surface area contributed by atoms with Gasteiger partial charge < -0.3 is 9.67 Å². The Morgan fingerprint density at radius 3 is 2.95 bits per heavy atom. The molecule has 0 spiro atoms. The van der Waals surface area contributed by atoms with Crippen molar-refractivity contribution < 1.29 is 14.3 Å². The van der Waals surface area contributed by atoms with E-state index in [4.69, 9.17) is 5.11 Å². The zero-order chi connectivity index (χ0) is 14.8. The normalized spacial score (nSPS) is 15.3. The van der Waals surface area contributed by atoms with Crippen molar-refractivity contribution in [1.82, 2.24) is 9.55 Å². The van der Waals surface area contributed by atoms with Crippen LogP contribution < -0.4 is 0 Å². The van der Waals surface area contributed by atoms with Crippen LogP contribution in [0.3, 0.4) is 0 Å². The second kappa shape index (κ2) is 6.05. The van der Waals surface area contributed by atoms with Gasteiger partial charge in [-0.1, -0.05) is 37.1 Å². The molecule has 0 unspecified atom stereocenters. The van der Waals surface area contributed by atoms with Crippen molar-refractivity contribution in [2.75, 3.05) is 5.75 Å². The Balaban J connectivity index is 1.89. The Morgan fingerprint density at radius 2 is 2.29 bits per heavy atom. The van der Waals surface area contributed by atoms with E-state index >= 15 is 0 Å². The molecule has 1 aliphatic rings. The van der Waals surface area contributed by atoms with Gasteiger partial charge in [-0.2, -0.15) is 0 Å². The number of fused-ring (bicyclic) bond motifs is 1. The van der Waals surface area contributed by atoms with Gasteiger partial charge in [-0.05, 0) is 24.5 Å². The number of aromatic nitrogens is 2. The van der Waals surface area contributed by atoms with Crippen LogP contribution in [0.5, 0.6) is 0 Å². The first-order valence-corrected chi connectivity index (χ1v) is 8.13. The molecule has 2 aromatic rings. The highest BCUT2D eigenvalue weighted by Gasteiger charge is 2.20. The predicted molar refractivity (Wildman–Crippen MR) is 80.0 cm³/mol. The molecule has 1 aromatic carbocycles. The summed E-state index contributed by atoms with van der Waals surface area (Å²) in [6, 6.07) is 4.90. The van der Waals surface area contributed by atoms with Crippen LogP contribution in [0.4, 0.5) is 4.39 Å². The molecule has 0 radical (unpaired) electrons. The molecule has 21 heavy (non-hydrogen) atoms. The van der Waals surface area contributed by atoms with E-state index in [-0.39, 0.29) is 11.6 Å². The van der Waals surface area contributed by atoms with Crippen molar-refractivity contribution in [3.63, 3.8) is 0 Å². The van der Waals surface area contributed by atoms with Crippen LogP contribution >= 0.6 is 11.8 Å². The molecule has 1 fully saturated rings. The molecule has 1 saturated carbocycles. The van der Waals surface area contributed by atoms with E-state index < -0.39 is 5.97 Å². The van der Waals surface area contributed by atoms with Gasteiger partial charge in [0.1, 0.15) is 5.52 Å². The largest absolute Gasteiger partial charge is 0.481 e. The maximum atomic E-state index is 13.9. The van der Waals surface area contributed by atoms with Gasteiger partial charge in [0, 0.05) is 6.54 Å². The molecular formula is C15H17FN2O2S. The second-order valence-corrected chi connectivity index (χ2v) is 6.36. The number of hydrogen-bond acceptors (Lipinski definition) is 3. The van der Waals surface area contributed by atoms with Gasteiger partial charge >= 0.3 is 5.97 Å². The third kappa shape index (κ3) is 3.05. The van der Waals surface area contributed by atoms with Crippen LogP contribution in [0.25, 0.3) is 11.0 Å². The molecule has 3 rings (SSSR count). The molecule has 0 amide bonds. The summed E-state index contributed by atoms with van der Waals surface area (Å²) in [6.45, 7) is 0.770. The molecule has 6 heteroatoms. The highest BCUT2D eigenvalue weighted by atomic mass is 32.2. The van der Waals surface area contributed by atoms with Crippen LogP contribution in [0.1, 0.15) is 25.7 Å². The van der Waals surface area contributed by atoms with E-state index in [0.717, 1.165) is 36.2 Å². The summed E-state index contributed by atoms with van der Waals surface area (Å²) < 4.78 is 15.8. The van der Waals surface area contributed by atoms with E-state index in [0.29, 0.717) is 10.7 Å². The molecule has 1 N–H and O–H groups in total. The lowest BCUT2D eigenvalue weighted by atomic mass is 9.83. The average Bonchev–Trinajstić information content (AvgIpc) is 2.74. The first-order chi connectivity index (χ1) is 10.1. The van der Waals surface area contributed by atoms with Gasteiger partial charge in [0.2, 0.25) is 0 Å². The van der Waals surface area contributed by atoms with Gasteiger partial charge in [0.25, 0.3) is 0 Å². The number of rotatable bonds is 6. The lowest BCUT2D eigenvalue weighted by molar-refractivity contribution is -0.133. The van der Waals surface area contributed by atoms with Gasteiger partial charge in [-0.15, -0.1) is 0 Å². The van der Waals surface area contributed by atoms with Crippen molar-refractivity contribution in [2.45, 2.75) is 37.4 Å². The standard InChI is InChI=1S/C15H17FN2O2S/c16-11-5-2-6-12-14(11)17-15(21-9-13(19)20)18(12)8-7-10-3-1-4-10/h2,5-6,10H,1,3-4,7-9H2,(H,19,20). The number of aryl methyl sites for hydroxylation is 1. The van der Waals surface area contributed by atoms with E-state index in [1.54, 1.807) is 6.07 Å².